The summed E-state index contributed by atoms with van der Waals surface area (Å²) in [7, 11) is 0. The summed E-state index contributed by atoms with van der Waals surface area (Å²) in [5, 5.41) is 4.83. The first-order valence-electron chi connectivity index (χ1n) is 7.95. The largest absolute Gasteiger partial charge is 0.343 e. The molecule has 0 aliphatic heterocycles. The summed E-state index contributed by atoms with van der Waals surface area (Å²) in [4.78, 5) is 0. The molecule has 1 aliphatic rings. The zero-order chi connectivity index (χ0) is 15.8. The van der Waals surface area contributed by atoms with E-state index in [2.05, 4.69) is 44.1 Å². The standard InChI is InChI=1S/C19H18BrFN2/c20-17-5-2-6-18-19(17)14(10-22-16-7-8-16)12-23(18)11-13-3-1-4-15(21)9-13/h1-6,9,12,16,22H,7-8,10-11H2. The Labute approximate surface area is 143 Å². The molecule has 0 bridgehead atoms. The van der Waals surface area contributed by atoms with E-state index in [9.17, 15) is 4.39 Å². The lowest BCUT2D eigenvalue weighted by Gasteiger charge is -2.06. The Kier molecular flexibility index (Phi) is 3.95. The molecular weight excluding hydrogens is 355 g/mol. The zero-order valence-corrected chi connectivity index (χ0v) is 14.3. The second kappa shape index (κ2) is 6.10. The smallest absolute Gasteiger partial charge is 0.123 e. The minimum Gasteiger partial charge on any atom is -0.343 e. The third-order valence-electron chi connectivity index (χ3n) is 4.33. The van der Waals surface area contributed by atoms with Crippen molar-refractivity contribution in [1.82, 2.24) is 9.88 Å². The van der Waals surface area contributed by atoms with Crippen molar-refractivity contribution in [3.05, 3.63) is 70.1 Å². The minimum absolute atomic E-state index is 0.184. The number of benzene rings is 2. The highest BCUT2D eigenvalue weighted by atomic mass is 79.9. The fourth-order valence-corrected chi connectivity index (χ4v) is 3.64. The van der Waals surface area contributed by atoms with Crippen LogP contribution in [-0.2, 0) is 13.1 Å². The van der Waals surface area contributed by atoms with E-state index >= 15 is 0 Å². The van der Waals surface area contributed by atoms with Gasteiger partial charge in [-0.2, -0.15) is 0 Å². The van der Waals surface area contributed by atoms with E-state index in [1.807, 2.05) is 12.1 Å². The van der Waals surface area contributed by atoms with Crippen LogP contribution in [0.5, 0.6) is 0 Å². The Balaban J connectivity index is 1.72. The van der Waals surface area contributed by atoms with Gasteiger partial charge >= 0.3 is 0 Å². The lowest BCUT2D eigenvalue weighted by molar-refractivity contribution is 0.624. The summed E-state index contributed by atoms with van der Waals surface area (Å²) >= 11 is 3.68. The molecule has 1 heterocycles. The normalized spacial score (nSPS) is 14.5. The molecule has 1 saturated carbocycles. The van der Waals surface area contributed by atoms with Crippen molar-refractivity contribution in [3.8, 4) is 0 Å². The number of hydrogen-bond acceptors (Lipinski definition) is 1. The lowest BCUT2D eigenvalue weighted by Crippen LogP contribution is -2.15. The topological polar surface area (TPSA) is 17.0 Å². The fourth-order valence-electron chi connectivity index (χ4n) is 3.03. The number of nitrogens with one attached hydrogen (secondary N) is 1. The summed E-state index contributed by atoms with van der Waals surface area (Å²) in [5.41, 5.74) is 3.44. The molecule has 1 aromatic heterocycles. The van der Waals surface area contributed by atoms with Gasteiger partial charge in [-0.05, 0) is 48.2 Å². The Morgan fingerprint density at radius 2 is 2.00 bits per heavy atom. The van der Waals surface area contributed by atoms with Gasteiger partial charge in [-0.25, -0.2) is 4.39 Å². The molecule has 0 spiro atoms. The first-order valence-corrected chi connectivity index (χ1v) is 8.74. The summed E-state index contributed by atoms with van der Waals surface area (Å²) < 4.78 is 16.8. The van der Waals surface area contributed by atoms with E-state index in [4.69, 9.17) is 0 Å². The van der Waals surface area contributed by atoms with Gasteiger partial charge in [0, 0.05) is 40.7 Å². The average Bonchev–Trinajstić information content (AvgIpc) is 3.29. The molecule has 1 fully saturated rings. The monoisotopic (exact) mass is 372 g/mol. The maximum absolute atomic E-state index is 13.4. The first-order chi connectivity index (χ1) is 11.2. The van der Waals surface area contributed by atoms with E-state index in [0.29, 0.717) is 12.6 Å². The van der Waals surface area contributed by atoms with Crippen LogP contribution in [0.3, 0.4) is 0 Å². The van der Waals surface area contributed by atoms with Crippen molar-refractivity contribution in [2.75, 3.05) is 0 Å². The van der Waals surface area contributed by atoms with E-state index in [1.54, 1.807) is 12.1 Å². The van der Waals surface area contributed by atoms with Crippen LogP contribution in [0.25, 0.3) is 10.9 Å². The summed E-state index contributed by atoms with van der Waals surface area (Å²) in [5.74, 6) is -0.184. The van der Waals surface area contributed by atoms with Crippen LogP contribution in [0.1, 0.15) is 24.0 Å². The minimum atomic E-state index is -0.184. The van der Waals surface area contributed by atoms with Crippen LogP contribution in [0, 0.1) is 5.82 Å². The van der Waals surface area contributed by atoms with Gasteiger partial charge in [0.15, 0.2) is 0 Å². The van der Waals surface area contributed by atoms with Crippen molar-refractivity contribution in [2.45, 2.75) is 32.0 Å². The van der Waals surface area contributed by atoms with Crippen LogP contribution in [0.2, 0.25) is 0 Å². The Morgan fingerprint density at radius 3 is 2.78 bits per heavy atom. The highest BCUT2D eigenvalue weighted by molar-refractivity contribution is 9.10. The lowest BCUT2D eigenvalue weighted by atomic mass is 10.2. The Hall–Kier alpha value is -1.65. The van der Waals surface area contributed by atoms with Crippen molar-refractivity contribution < 1.29 is 4.39 Å². The molecule has 0 saturated heterocycles. The Morgan fingerprint density at radius 1 is 1.17 bits per heavy atom. The predicted octanol–water partition coefficient (Wildman–Crippen LogP) is 4.84. The number of halogens is 2. The molecule has 0 atom stereocenters. The van der Waals surface area contributed by atoms with Gasteiger partial charge in [-0.1, -0.05) is 34.1 Å². The molecule has 2 aromatic carbocycles. The molecule has 4 rings (SSSR count). The van der Waals surface area contributed by atoms with Gasteiger partial charge in [0.1, 0.15) is 5.82 Å². The number of nitrogens with zero attached hydrogens (tertiary/aromatic N) is 1. The molecule has 118 valence electrons. The quantitative estimate of drug-likeness (QED) is 0.677. The zero-order valence-electron chi connectivity index (χ0n) is 12.7. The number of aromatic nitrogens is 1. The highest BCUT2D eigenvalue weighted by Gasteiger charge is 2.21. The van der Waals surface area contributed by atoms with E-state index in [-0.39, 0.29) is 5.82 Å². The molecule has 1 aliphatic carbocycles. The number of hydrogen-bond donors (Lipinski definition) is 1. The molecule has 0 amide bonds. The van der Waals surface area contributed by atoms with E-state index in [1.165, 1.54) is 35.4 Å². The SMILES string of the molecule is Fc1cccc(Cn2cc(CNC3CC3)c3c(Br)cccc32)c1. The predicted molar refractivity (Wildman–Crippen MR) is 95.0 cm³/mol. The molecule has 0 unspecified atom stereocenters. The van der Waals surface area contributed by atoms with Crippen LogP contribution in [-0.4, -0.2) is 10.6 Å². The van der Waals surface area contributed by atoms with Crippen molar-refractivity contribution in [2.24, 2.45) is 0 Å². The van der Waals surface area contributed by atoms with Gasteiger partial charge in [0.2, 0.25) is 0 Å². The highest BCUT2D eigenvalue weighted by Crippen LogP contribution is 2.30. The van der Waals surface area contributed by atoms with Crippen molar-refractivity contribution >= 4 is 26.8 Å². The summed E-state index contributed by atoms with van der Waals surface area (Å²) in [6, 6.07) is 13.8. The van der Waals surface area contributed by atoms with Gasteiger partial charge in [0.25, 0.3) is 0 Å². The van der Waals surface area contributed by atoms with Crippen molar-refractivity contribution in [3.63, 3.8) is 0 Å². The summed E-state index contributed by atoms with van der Waals surface area (Å²) in [6.07, 6.45) is 4.75. The van der Waals surface area contributed by atoms with Gasteiger partial charge < -0.3 is 9.88 Å². The fraction of sp³-hybridized carbons (Fsp3) is 0.263. The molecule has 0 radical (unpaired) electrons. The van der Waals surface area contributed by atoms with Gasteiger partial charge in [-0.3, -0.25) is 0 Å². The first kappa shape index (κ1) is 14.9. The van der Waals surface area contributed by atoms with Crippen LogP contribution < -0.4 is 5.32 Å². The molecule has 3 aromatic rings. The maximum atomic E-state index is 13.4. The molecule has 2 nitrogen and oxygen atoms in total. The van der Waals surface area contributed by atoms with E-state index < -0.39 is 0 Å². The number of rotatable bonds is 5. The molecule has 4 heteroatoms. The average molecular weight is 373 g/mol. The van der Waals surface area contributed by atoms with Crippen LogP contribution in [0.4, 0.5) is 4.39 Å². The van der Waals surface area contributed by atoms with Crippen LogP contribution in [0.15, 0.2) is 53.1 Å². The van der Waals surface area contributed by atoms with Gasteiger partial charge in [-0.15, -0.1) is 0 Å². The molecule has 23 heavy (non-hydrogen) atoms. The molecule has 1 N–H and O–H groups in total. The van der Waals surface area contributed by atoms with Gasteiger partial charge in [0.05, 0.1) is 0 Å². The number of fused-ring (bicyclic) bond motifs is 1. The summed E-state index contributed by atoms with van der Waals surface area (Å²) in [6.45, 7) is 1.55. The van der Waals surface area contributed by atoms with E-state index in [0.717, 1.165) is 16.6 Å². The van der Waals surface area contributed by atoms with Crippen molar-refractivity contribution in [1.29, 1.82) is 0 Å². The second-order valence-electron chi connectivity index (χ2n) is 6.20. The maximum Gasteiger partial charge on any atom is 0.123 e. The Bertz CT molecular complexity index is 852. The third-order valence-corrected chi connectivity index (χ3v) is 5.00. The molecular formula is C19H18BrFN2. The third kappa shape index (κ3) is 3.19. The van der Waals surface area contributed by atoms with Crippen LogP contribution >= 0.6 is 15.9 Å². The second-order valence-corrected chi connectivity index (χ2v) is 7.06.